The van der Waals surface area contributed by atoms with E-state index in [1.807, 2.05) is 53.4 Å². The summed E-state index contributed by atoms with van der Waals surface area (Å²) >= 11 is 0. The van der Waals surface area contributed by atoms with Crippen molar-refractivity contribution in [2.75, 3.05) is 6.54 Å². The van der Waals surface area contributed by atoms with Gasteiger partial charge in [0, 0.05) is 31.5 Å². The Morgan fingerprint density at radius 1 is 0.938 bits per heavy atom. The summed E-state index contributed by atoms with van der Waals surface area (Å²) in [5.41, 5.74) is 3.42. The Hall–Kier alpha value is -3.54. The third kappa shape index (κ3) is 4.85. The van der Waals surface area contributed by atoms with Crippen LogP contribution >= 0.6 is 0 Å². The highest BCUT2D eigenvalue weighted by Gasteiger charge is 2.31. The van der Waals surface area contributed by atoms with Crippen LogP contribution in [0.4, 0.5) is 8.78 Å². The van der Waals surface area contributed by atoms with E-state index in [1.54, 1.807) is 0 Å². The summed E-state index contributed by atoms with van der Waals surface area (Å²) in [6.45, 7) is 0.450. The van der Waals surface area contributed by atoms with Gasteiger partial charge in [-0.1, -0.05) is 54.6 Å². The maximum atomic E-state index is 13.7. The summed E-state index contributed by atoms with van der Waals surface area (Å²) in [7, 11) is 0. The van der Waals surface area contributed by atoms with Crippen molar-refractivity contribution in [3.8, 4) is 0 Å². The van der Waals surface area contributed by atoms with Crippen LogP contribution in [0.1, 0.15) is 41.1 Å². The van der Waals surface area contributed by atoms with Crippen molar-refractivity contribution >= 4 is 11.8 Å². The Labute approximate surface area is 185 Å². The third-order valence-electron chi connectivity index (χ3n) is 5.77. The molecule has 0 aliphatic carbocycles. The highest BCUT2D eigenvalue weighted by Crippen LogP contribution is 2.35. The van der Waals surface area contributed by atoms with Gasteiger partial charge in [0.05, 0.1) is 6.04 Å². The summed E-state index contributed by atoms with van der Waals surface area (Å²) in [6, 6.07) is 20.9. The van der Waals surface area contributed by atoms with Crippen LogP contribution in [0.2, 0.25) is 0 Å². The van der Waals surface area contributed by atoms with Gasteiger partial charge in [0.15, 0.2) is 0 Å². The zero-order valence-corrected chi connectivity index (χ0v) is 17.6. The van der Waals surface area contributed by atoms with Crippen molar-refractivity contribution in [1.82, 2.24) is 10.2 Å². The summed E-state index contributed by atoms with van der Waals surface area (Å²) in [5.74, 6) is -1.64. The fourth-order valence-corrected chi connectivity index (χ4v) is 4.16. The van der Waals surface area contributed by atoms with Gasteiger partial charge >= 0.3 is 0 Å². The zero-order valence-electron chi connectivity index (χ0n) is 17.6. The van der Waals surface area contributed by atoms with Crippen LogP contribution in [0.15, 0.2) is 72.8 Å². The SMILES string of the molecule is O=C(CCC(=O)N1CCc2ccccc2C1c1ccccc1)NCc1cc(F)ccc1F. The van der Waals surface area contributed by atoms with Crippen molar-refractivity contribution in [2.45, 2.75) is 31.8 Å². The molecule has 4 nitrogen and oxygen atoms in total. The Morgan fingerprint density at radius 3 is 2.50 bits per heavy atom. The maximum Gasteiger partial charge on any atom is 0.223 e. The minimum absolute atomic E-state index is 0.0184. The van der Waals surface area contributed by atoms with Gasteiger partial charge in [-0.05, 0) is 41.3 Å². The van der Waals surface area contributed by atoms with Gasteiger partial charge in [-0.25, -0.2) is 8.78 Å². The van der Waals surface area contributed by atoms with Gasteiger partial charge in [0.2, 0.25) is 11.8 Å². The van der Waals surface area contributed by atoms with Crippen molar-refractivity contribution in [3.63, 3.8) is 0 Å². The number of amides is 2. The molecule has 0 spiro atoms. The van der Waals surface area contributed by atoms with Crippen LogP contribution in [0.3, 0.4) is 0 Å². The second-order valence-electron chi connectivity index (χ2n) is 7.86. The Balaban J connectivity index is 1.42. The smallest absolute Gasteiger partial charge is 0.223 e. The molecule has 3 aromatic rings. The molecule has 1 aliphatic rings. The van der Waals surface area contributed by atoms with Gasteiger partial charge in [-0.15, -0.1) is 0 Å². The number of nitrogens with zero attached hydrogens (tertiary/aromatic N) is 1. The maximum absolute atomic E-state index is 13.7. The van der Waals surface area contributed by atoms with Gasteiger partial charge in [-0.2, -0.15) is 0 Å². The third-order valence-corrected chi connectivity index (χ3v) is 5.77. The molecular formula is C26H24F2N2O2. The fraction of sp³-hybridized carbons (Fsp3) is 0.231. The standard InChI is InChI=1S/C26H24F2N2O2/c27-21-10-11-23(28)20(16-21)17-29-24(31)12-13-25(32)30-15-14-18-6-4-5-9-22(18)26(30)19-7-2-1-3-8-19/h1-11,16,26H,12-15,17H2,(H,29,31). The van der Waals surface area contributed by atoms with E-state index in [0.29, 0.717) is 6.54 Å². The molecule has 1 heterocycles. The monoisotopic (exact) mass is 434 g/mol. The van der Waals surface area contributed by atoms with E-state index < -0.39 is 11.6 Å². The number of carbonyl (C=O) groups excluding carboxylic acids is 2. The number of hydrogen-bond acceptors (Lipinski definition) is 2. The number of hydrogen-bond donors (Lipinski definition) is 1. The van der Waals surface area contributed by atoms with Crippen LogP contribution in [0, 0.1) is 11.6 Å². The molecule has 0 radical (unpaired) electrons. The van der Waals surface area contributed by atoms with E-state index in [9.17, 15) is 18.4 Å². The number of carbonyl (C=O) groups is 2. The summed E-state index contributed by atoms with van der Waals surface area (Å²) in [5, 5.41) is 2.57. The van der Waals surface area contributed by atoms with E-state index in [-0.39, 0.29) is 42.8 Å². The molecule has 0 aromatic heterocycles. The molecule has 32 heavy (non-hydrogen) atoms. The molecule has 3 aromatic carbocycles. The predicted molar refractivity (Wildman–Crippen MR) is 118 cm³/mol. The number of rotatable bonds is 6. The van der Waals surface area contributed by atoms with Gasteiger partial charge in [0.1, 0.15) is 11.6 Å². The van der Waals surface area contributed by atoms with Crippen LogP contribution in [0.5, 0.6) is 0 Å². The fourth-order valence-electron chi connectivity index (χ4n) is 4.16. The summed E-state index contributed by atoms with van der Waals surface area (Å²) < 4.78 is 27.0. The Bertz CT molecular complexity index is 1120. The molecular weight excluding hydrogens is 410 g/mol. The first-order valence-corrected chi connectivity index (χ1v) is 10.7. The van der Waals surface area contributed by atoms with E-state index in [4.69, 9.17) is 0 Å². The minimum atomic E-state index is -0.583. The Morgan fingerprint density at radius 2 is 1.69 bits per heavy atom. The molecule has 0 bridgehead atoms. The number of nitrogens with one attached hydrogen (secondary N) is 1. The molecule has 1 N–H and O–H groups in total. The highest BCUT2D eigenvalue weighted by atomic mass is 19.1. The Kier molecular flexibility index (Phi) is 6.59. The zero-order chi connectivity index (χ0) is 22.5. The van der Waals surface area contributed by atoms with Gasteiger partial charge < -0.3 is 10.2 Å². The first kappa shape index (κ1) is 21.7. The normalized spacial score (nSPS) is 15.2. The second-order valence-corrected chi connectivity index (χ2v) is 7.86. The van der Waals surface area contributed by atoms with Crippen molar-refractivity contribution in [2.24, 2.45) is 0 Å². The molecule has 0 saturated carbocycles. The lowest BCUT2D eigenvalue weighted by Gasteiger charge is -2.38. The highest BCUT2D eigenvalue weighted by molar-refractivity contribution is 5.84. The molecule has 164 valence electrons. The van der Waals surface area contributed by atoms with E-state index in [1.165, 1.54) is 5.56 Å². The number of fused-ring (bicyclic) bond motifs is 1. The van der Waals surface area contributed by atoms with Crippen molar-refractivity contribution < 1.29 is 18.4 Å². The van der Waals surface area contributed by atoms with E-state index in [2.05, 4.69) is 11.4 Å². The quantitative estimate of drug-likeness (QED) is 0.620. The summed E-state index contributed by atoms with van der Waals surface area (Å²) in [4.78, 5) is 27.2. The topological polar surface area (TPSA) is 49.4 Å². The van der Waals surface area contributed by atoms with Gasteiger partial charge in [0.25, 0.3) is 0 Å². The van der Waals surface area contributed by atoms with Crippen LogP contribution in [0.25, 0.3) is 0 Å². The molecule has 6 heteroatoms. The molecule has 0 fully saturated rings. The lowest BCUT2D eigenvalue weighted by atomic mass is 9.88. The van der Waals surface area contributed by atoms with Crippen LogP contribution < -0.4 is 5.32 Å². The molecule has 2 amide bonds. The predicted octanol–water partition coefficient (Wildman–Crippen LogP) is 4.54. The van der Waals surface area contributed by atoms with Crippen LogP contribution in [-0.2, 0) is 22.6 Å². The lowest BCUT2D eigenvalue weighted by Crippen LogP contribution is -2.41. The van der Waals surface area contributed by atoms with Gasteiger partial charge in [-0.3, -0.25) is 9.59 Å². The molecule has 1 atom stereocenters. The lowest BCUT2D eigenvalue weighted by molar-refractivity contribution is -0.135. The largest absolute Gasteiger partial charge is 0.352 e. The second kappa shape index (κ2) is 9.73. The number of benzene rings is 3. The first-order chi connectivity index (χ1) is 15.5. The average molecular weight is 434 g/mol. The molecule has 1 aliphatic heterocycles. The molecule has 0 saturated heterocycles. The average Bonchev–Trinajstić information content (AvgIpc) is 2.82. The summed E-state index contributed by atoms with van der Waals surface area (Å²) in [6.07, 6.45) is 0.786. The first-order valence-electron chi connectivity index (χ1n) is 10.7. The molecule has 4 rings (SSSR count). The minimum Gasteiger partial charge on any atom is -0.352 e. The van der Waals surface area contributed by atoms with E-state index >= 15 is 0 Å². The van der Waals surface area contributed by atoms with Crippen LogP contribution in [-0.4, -0.2) is 23.3 Å². The molecule has 1 unspecified atom stereocenters. The van der Waals surface area contributed by atoms with Crippen molar-refractivity contribution in [1.29, 1.82) is 0 Å². The number of halogens is 2. The van der Waals surface area contributed by atoms with E-state index in [0.717, 1.165) is 35.7 Å². The van der Waals surface area contributed by atoms with Crippen molar-refractivity contribution in [3.05, 3.63) is 107 Å².